The Kier molecular flexibility index (Phi) is 6.23. The highest BCUT2D eigenvalue weighted by atomic mass is 16.5. The Morgan fingerprint density at radius 2 is 1.07 bits per heavy atom. The molecule has 0 aliphatic rings. The number of hydrogen-bond acceptors (Lipinski definition) is 4. The first-order valence-corrected chi connectivity index (χ1v) is 9.37. The van der Waals surface area contributed by atoms with Gasteiger partial charge in [-0.3, -0.25) is 0 Å². The van der Waals surface area contributed by atoms with Crippen LogP contribution in [0.1, 0.15) is 47.2 Å². The highest BCUT2D eigenvalue weighted by molar-refractivity contribution is 5.52. The maximum absolute atomic E-state index is 12.0. The van der Waals surface area contributed by atoms with Crippen LogP contribution < -0.4 is 15.2 Å². The Hall–Kier alpha value is -2.04. The predicted molar refractivity (Wildman–Crippen MR) is 111 cm³/mol. The van der Waals surface area contributed by atoms with Gasteiger partial charge in [0.15, 0.2) is 0 Å². The van der Waals surface area contributed by atoms with E-state index in [9.17, 15) is 5.11 Å². The summed E-state index contributed by atoms with van der Waals surface area (Å²) in [5, 5.41) is 12.0. The van der Waals surface area contributed by atoms with Crippen molar-refractivity contribution in [1.82, 2.24) is 0 Å². The third-order valence-electron chi connectivity index (χ3n) is 5.41. The normalized spacial score (nSPS) is 13.0. The number of methoxy groups -OCH3 is 2. The Balaban J connectivity index is 2.79. The van der Waals surface area contributed by atoms with E-state index in [-0.39, 0.29) is 5.92 Å². The van der Waals surface area contributed by atoms with Crippen molar-refractivity contribution in [2.24, 2.45) is 11.7 Å². The lowest BCUT2D eigenvalue weighted by Crippen LogP contribution is -2.49. The van der Waals surface area contributed by atoms with Gasteiger partial charge in [0, 0.05) is 6.04 Å². The number of nitrogens with two attached hydrogens (primary N) is 1. The molecule has 0 heterocycles. The molecule has 1 atom stereocenters. The SMILES string of the molecule is COc1c(C)cc(C(O)(c2cc(C)c(OC)c(C)c2)[C@@H](N)C(C)C)cc1C. The minimum atomic E-state index is -1.32. The molecule has 0 radical (unpaired) electrons. The monoisotopic (exact) mass is 371 g/mol. The molecule has 0 aromatic heterocycles. The molecule has 27 heavy (non-hydrogen) atoms. The Morgan fingerprint density at radius 1 is 0.778 bits per heavy atom. The average molecular weight is 372 g/mol. The largest absolute Gasteiger partial charge is 0.496 e. The average Bonchev–Trinajstić information content (AvgIpc) is 2.59. The van der Waals surface area contributed by atoms with Crippen LogP contribution in [0.4, 0.5) is 0 Å². The molecule has 2 aromatic rings. The lowest BCUT2D eigenvalue weighted by atomic mass is 9.74. The van der Waals surface area contributed by atoms with E-state index in [0.717, 1.165) is 44.9 Å². The molecule has 0 unspecified atom stereocenters. The Morgan fingerprint density at radius 3 is 1.30 bits per heavy atom. The van der Waals surface area contributed by atoms with Crippen LogP contribution in [0.3, 0.4) is 0 Å². The van der Waals surface area contributed by atoms with Gasteiger partial charge >= 0.3 is 0 Å². The molecule has 0 bridgehead atoms. The van der Waals surface area contributed by atoms with Gasteiger partial charge < -0.3 is 20.3 Å². The van der Waals surface area contributed by atoms with Gasteiger partial charge in [0.25, 0.3) is 0 Å². The highest BCUT2D eigenvalue weighted by Crippen LogP contribution is 2.40. The second-order valence-electron chi connectivity index (χ2n) is 7.82. The smallest absolute Gasteiger partial charge is 0.130 e. The van der Waals surface area contributed by atoms with E-state index in [1.165, 1.54) is 0 Å². The van der Waals surface area contributed by atoms with Gasteiger partial charge in [0.1, 0.15) is 17.1 Å². The molecule has 0 aliphatic heterocycles. The maximum atomic E-state index is 12.0. The van der Waals surface area contributed by atoms with Crippen LogP contribution >= 0.6 is 0 Å². The van der Waals surface area contributed by atoms with Crippen LogP contribution in [0, 0.1) is 33.6 Å². The summed E-state index contributed by atoms with van der Waals surface area (Å²) in [7, 11) is 3.33. The number of aryl methyl sites for hydroxylation is 4. The lowest BCUT2D eigenvalue weighted by Gasteiger charge is -2.38. The van der Waals surface area contributed by atoms with Gasteiger partial charge in [-0.2, -0.15) is 0 Å². The van der Waals surface area contributed by atoms with E-state index < -0.39 is 11.6 Å². The zero-order valence-electron chi connectivity index (χ0n) is 17.8. The van der Waals surface area contributed by atoms with Gasteiger partial charge in [-0.25, -0.2) is 0 Å². The van der Waals surface area contributed by atoms with Gasteiger partial charge in [0.05, 0.1) is 14.2 Å². The van der Waals surface area contributed by atoms with Crippen LogP contribution in [0.15, 0.2) is 24.3 Å². The van der Waals surface area contributed by atoms with E-state index >= 15 is 0 Å². The second-order valence-corrected chi connectivity index (χ2v) is 7.82. The van der Waals surface area contributed by atoms with E-state index in [4.69, 9.17) is 15.2 Å². The van der Waals surface area contributed by atoms with Crippen LogP contribution in [0.2, 0.25) is 0 Å². The van der Waals surface area contributed by atoms with Gasteiger partial charge in [0.2, 0.25) is 0 Å². The van der Waals surface area contributed by atoms with E-state index in [1.807, 2.05) is 65.8 Å². The maximum Gasteiger partial charge on any atom is 0.130 e. The van der Waals surface area contributed by atoms with Crippen LogP contribution in [-0.4, -0.2) is 25.4 Å². The second kappa shape index (κ2) is 7.91. The zero-order chi connectivity index (χ0) is 20.5. The van der Waals surface area contributed by atoms with Crippen molar-refractivity contribution in [3.8, 4) is 11.5 Å². The Labute approximate surface area is 163 Å². The standard InChI is InChI=1S/C23H33NO3/c1-13(2)22(24)23(25,18-9-14(3)20(26-7)15(4)10-18)19-11-16(5)21(27-8)17(6)12-19/h9-13,22,25H,24H2,1-8H3/t22-/m0/s1. The molecular formula is C23H33NO3. The topological polar surface area (TPSA) is 64.7 Å². The summed E-state index contributed by atoms with van der Waals surface area (Å²) in [6.07, 6.45) is 0. The first kappa shape index (κ1) is 21.3. The predicted octanol–water partition coefficient (Wildman–Crippen LogP) is 4.16. The summed E-state index contributed by atoms with van der Waals surface area (Å²) in [6.45, 7) is 12.0. The molecule has 0 amide bonds. The van der Waals surface area contributed by atoms with E-state index in [0.29, 0.717) is 0 Å². The first-order chi connectivity index (χ1) is 12.6. The number of aliphatic hydroxyl groups is 1. The molecule has 4 nitrogen and oxygen atoms in total. The third-order valence-corrected chi connectivity index (χ3v) is 5.41. The molecule has 0 saturated carbocycles. The molecular weight excluding hydrogens is 338 g/mol. The summed E-state index contributed by atoms with van der Waals surface area (Å²) in [5.41, 5.74) is 10.7. The molecule has 4 heteroatoms. The zero-order valence-corrected chi connectivity index (χ0v) is 17.8. The molecule has 0 fully saturated rings. The van der Waals surface area contributed by atoms with Crippen molar-refractivity contribution in [1.29, 1.82) is 0 Å². The van der Waals surface area contributed by atoms with Gasteiger partial charge in [-0.1, -0.05) is 13.8 Å². The first-order valence-electron chi connectivity index (χ1n) is 9.37. The van der Waals surface area contributed by atoms with E-state index in [1.54, 1.807) is 14.2 Å². The summed E-state index contributed by atoms with van der Waals surface area (Å²) in [4.78, 5) is 0. The van der Waals surface area contributed by atoms with E-state index in [2.05, 4.69) is 0 Å². The van der Waals surface area contributed by atoms with Crippen molar-refractivity contribution < 1.29 is 14.6 Å². The Bertz CT molecular complexity index is 721. The summed E-state index contributed by atoms with van der Waals surface area (Å²) >= 11 is 0. The molecule has 3 N–H and O–H groups in total. The number of benzene rings is 2. The van der Waals surface area contributed by atoms with Crippen molar-refractivity contribution in [2.75, 3.05) is 14.2 Å². The highest BCUT2D eigenvalue weighted by Gasteiger charge is 2.41. The van der Waals surface area contributed by atoms with Crippen LogP contribution in [-0.2, 0) is 5.60 Å². The lowest BCUT2D eigenvalue weighted by molar-refractivity contribution is 0.0350. The molecule has 2 aromatic carbocycles. The number of ether oxygens (including phenoxy) is 2. The minimum absolute atomic E-state index is 0.0837. The summed E-state index contributed by atoms with van der Waals surface area (Å²) < 4.78 is 11.0. The molecule has 0 saturated heterocycles. The quantitative estimate of drug-likeness (QED) is 0.800. The molecule has 0 aliphatic carbocycles. The molecule has 2 rings (SSSR count). The third kappa shape index (κ3) is 3.69. The fourth-order valence-corrected chi connectivity index (χ4v) is 4.02. The molecule has 0 spiro atoms. The van der Waals surface area contributed by atoms with Gasteiger partial charge in [-0.05, 0) is 91.3 Å². The van der Waals surface area contributed by atoms with Crippen LogP contribution in [0.5, 0.6) is 11.5 Å². The van der Waals surface area contributed by atoms with Crippen molar-refractivity contribution in [3.05, 3.63) is 57.6 Å². The summed E-state index contributed by atoms with van der Waals surface area (Å²) in [6, 6.07) is 7.43. The van der Waals surface area contributed by atoms with Crippen molar-refractivity contribution >= 4 is 0 Å². The fraction of sp³-hybridized carbons (Fsp3) is 0.478. The van der Waals surface area contributed by atoms with Crippen molar-refractivity contribution in [2.45, 2.75) is 53.2 Å². The molecule has 148 valence electrons. The summed E-state index contributed by atoms with van der Waals surface area (Å²) in [5.74, 6) is 1.75. The minimum Gasteiger partial charge on any atom is -0.496 e. The fourth-order valence-electron chi connectivity index (χ4n) is 4.02. The number of hydrogen-bond donors (Lipinski definition) is 2. The number of rotatable bonds is 6. The van der Waals surface area contributed by atoms with Crippen molar-refractivity contribution in [3.63, 3.8) is 0 Å². The van der Waals surface area contributed by atoms with Crippen LogP contribution in [0.25, 0.3) is 0 Å². The van der Waals surface area contributed by atoms with Gasteiger partial charge in [-0.15, -0.1) is 0 Å².